The van der Waals surface area contributed by atoms with Gasteiger partial charge in [0.15, 0.2) is 16.3 Å². The van der Waals surface area contributed by atoms with Crippen molar-refractivity contribution in [2.24, 2.45) is 4.99 Å². The molecule has 0 saturated carbocycles. The summed E-state index contributed by atoms with van der Waals surface area (Å²) in [6.45, 7) is 4.04. The second kappa shape index (κ2) is 11.0. The molecule has 0 saturated heterocycles. The van der Waals surface area contributed by atoms with Crippen molar-refractivity contribution < 1.29 is 32.2 Å². The molecule has 35 heavy (non-hydrogen) atoms. The van der Waals surface area contributed by atoms with Crippen LogP contribution in [0.3, 0.4) is 0 Å². The van der Waals surface area contributed by atoms with Crippen molar-refractivity contribution in [1.29, 1.82) is 0 Å². The number of nitrogens with zero attached hydrogens (tertiary/aromatic N) is 3. The molecule has 0 N–H and O–H groups in total. The van der Waals surface area contributed by atoms with Crippen LogP contribution in [0.25, 0.3) is 10.2 Å². The van der Waals surface area contributed by atoms with Gasteiger partial charge in [-0.1, -0.05) is 25.2 Å². The second-order valence-corrected chi connectivity index (χ2v) is 10.2. The zero-order chi connectivity index (χ0) is 25.8. The summed E-state index contributed by atoms with van der Waals surface area (Å²) in [7, 11) is 0.645. The van der Waals surface area contributed by atoms with Gasteiger partial charge in [0, 0.05) is 30.8 Å². The number of hydrogen-bond acceptors (Lipinski definition) is 8. The molecule has 0 atom stereocenters. The van der Waals surface area contributed by atoms with Crippen molar-refractivity contribution in [1.82, 2.24) is 8.87 Å². The van der Waals surface area contributed by atoms with Crippen molar-refractivity contribution in [3.63, 3.8) is 0 Å². The number of ether oxygens (including phenoxy) is 3. The first kappa shape index (κ1) is 26.4. The van der Waals surface area contributed by atoms with Crippen molar-refractivity contribution in [2.75, 3.05) is 34.4 Å². The van der Waals surface area contributed by atoms with Crippen molar-refractivity contribution in [2.45, 2.75) is 25.3 Å². The van der Waals surface area contributed by atoms with Crippen molar-refractivity contribution in [3.05, 3.63) is 46.8 Å². The first-order valence-electron chi connectivity index (χ1n) is 10.7. The monoisotopic (exact) mass is 521 g/mol. The van der Waals surface area contributed by atoms with Gasteiger partial charge in [-0.05, 0) is 24.3 Å². The second-order valence-electron chi connectivity index (χ2n) is 7.25. The quantitative estimate of drug-likeness (QED) is 0.398. The van der Waals surface area contributed by atoms with Gasteiger partial charge in [-0.2, -0.15) is 9.30 Å². The molecular weight excluding hydrogens is 494 g/mol. The zero-order valence-corrected chi connectivity index (χ0v) is 21.7. The Hall–Kier alpha value is -3.22. The molecule has 0 fully saturated rings. The highest BCUT2D eigenvalue weighted by Crippen LogP contribution is 2.33. The molecule has 10 nitrogen and oxygen atoms in total. The Labute approximate surface area is 207 Å². The third-order valence-corrected chi connectivity index (χ3v) is 8.45. The first-order chi connectivity index (χ1) is 16.7. The number of carbonyl (C=O) groups excluding carboxylic acids is 2. The number of methoxy groups -OCH3 is 3. The molecule has 2 aromatic carbocycles. The number of carbonyl (C=O) groups is 2. The van der Waals surface area contributed by atoms with E-state index in [4.69, 9.17) is 14.2 Å². The molecule has 0 spiro atoms. The van der Waals surface area contributed by atoms with Crippen LogP contribution in [-0.2, 0) is 26.1 Å². The third kappa shape index (κ3) is 5.39. The largest absolute Gasteiger partial charge is 0.493 e. The summed E-state index contributed by atoms with van der Waals surface area (Å²) in [5.74, 6) is -0.145. The fourth-order valence-corrected chi connectivity index (χ4v) is 5.96. The number of sulfonamides is 1. The van der Waals surface area contributed by atoms with E-state index in [0.29, 0.717) is 30.1 Å². The highest BCUT2D eigenvalue weighted by Gasteiger charge is 2.22. The molecule has 0 aliphatic rings. The lowest BCUT2D eigenvalue weighted by molar-refractivity contribution is -0.141. The van der Waals surface area contributed by atoms with E-state index in [-0.39, 0.29) is 21.8 Å². The summed E-state index contributed by atoms with van der Waals surface area (Å²) in [6.07, 6.45) is 0. The van der Waals surface area contributed by atoms with E-state index in [9.17, 15) is 18.0 Å². The van der Waals surface area contributed by atoms with Gasteiger partial charge >= 0.3 is 5.97 Å². The van der Waals surface area contributed by atoms with Crippen LogP contribution in [-0.4, -0.2) is 63.6 Å². The molecule has 0 radical (unpaired) electrons. The number of benzene rings is 2. The summed E-state index contributed by atoms with van der Waals surface area (Å²) >= 11 is 1.19. The molecule has 3 aromatic rings. The SMILES string of the molecule is CCN(CC)S(=O)(=O)c1ccc(C(=O)N=c2sc3cc(OC)c(OC)cc3n2CC(=O)OC)cc1. The number of hydrogen-bond donors (Lipinski definition) is 0. The fraction of sp³-hybridized carbons (Fsp3) is 0.348. The summed E-state index contributed by atoms with van der Waals surface area (Å²) in [4.78, 5) is 29.6. The van der Waals surface area contributed by atoms with Crippen LogP contribution in [0.5, 0.6) is 11.5 Å². The van der Waals surface area contributed by atoms with E-state index in [1.165, 1.54) is 61.2 Å². The Morgan fingerprint density at radius 3 is 2.14 bits per heavy atom. The number of thiazole rings is 1. The van der Waals surface area contributed by atoms with Gasteiger partial charge in [-0.25, -0.2) is 8.42 Å². The Bertz CT molecular complexity index is 1400. The van der Waals surface area contributed by atoms with Crippen LogP contribution in [0.1, 0.15) is 24.2 Å². The van der Waals surface area contributed by atoms with Crippen molar-refractivity contribution >= 4 is 43.5 Å². The summed E-state index contributed by atoms with van der Waals surface area (Å²) in [5.41, 5.74) is 0.825. The predicted molar refractivity (Wildman–Crippen MR) is 131 cm³/mol. The van der Waals surface area contributed by atoms with Gasteiger partial charge in [0.2, 0.25) is 10.0 Å². The molecule has 1 heterocycles. The standard InChI is InChI=1S/C23H27N3O7S2/c1-6-25(7-2)35(29,30)16-10-8-15(9-11-16)22(28)24-23-26(14-21(27)33-5)17-12-18(31-3)19(32-4)13-20(17)34-23/h8-13H,6-7,14H2,1-5H3. The summed E-state index contributed by atoms with van der Waals surface area (Å²) < 4.78 is 44.5. The maximum Gasteiger partial charge on any atom is 0.325 e. The minimum absolute atomic E-state index is 0.0968. The zero-order valence-electron chi connectivity index (χ0n) is 20.1. The fourth-order valence-electron chi connectivity index (χ4n) is 3.46. The number of fused-ring (bicyclic) bond motifs is 1. The van der Waals surface area contributed by atoms with Crippen LogP contribution in [0.4, 0.5) is 0 Å². The van der Waals surface area contributed by atoms with Gasteiger partial charge in [0.1, 0.15) is 6.54 Å². The van der Waals surface area contributed by atoms with Crippen LogP contribution >= 0.6 is 11.3 Å². The Balaban J connectivity index is 2.07. The number of rotatable bonds is 9. The van der Waals surface area contributed by atoms with Crippen LogP contribution in [0, 0.1) is 0 Å². The summed E-state index contributed by atoms with van der Waals surface area (Å²) in [6, 6.07) is 9.06. The lowest BCUT2D eigenvalue weighted by Crippen LogP contribution is -2.30. The molecule has 0 aliphatic carbocycles. The van der Waals surface area contributed by atoms with Crippen LogP contribution in [0.15, 0.2) is 46.3 Å². The van der Waals surface area contributed by atoms with Gasteiger partial charge in [-0.3, -0.25) is 9.59 Å². The molecule has 188 valence electrons. The van der Waals surface area contributed by atoms with Gasteiger partial charge in [0.05, 0.1) is 36.4 Å². The minimum Gasteiger partial charge on any atom is -0.493 e. The maximum absolute atomic E-state index is 13.0. The Morgan fingerprint density at radius 2 is 1.60 bits per heavy atom. The highest BCUT2D eigenvalue weighted by atomic mass is 32.2. The molecule has 0 unspecified atom stereocenters. The third-order valence-electron chi connectivity index (χ3n) is 5.34. The highest BCUT2D eigenvalue weighted by molar-refractivity contribution is 7.89. The lowest BCUT2D eigenvalue weighted by atomic mass is 10.2. The summed E-state index contributed by atoms with van der Waals surface area (Å²) in [5, 5.41) is 0. The molecule has 0 bridgehead atoms. The van der Waals surface area contributed by atoms with E-state index in [0.717, 1.165) is 4.70 Å². The van der Waals surface area contributed by atoms with E-state index < -0.39 is 21.9 Å². The normalized spacial score (nSPS) is 12.2. The number of amides is 1. The molecule has 12 heteroatoms. The minimum atomic E-state index is -3.64. The molecule has 0 aliphatic heterocycles. The van der Waals surface area contributed by atoms with Gasteiger partial charge in [-0.15, -0.1) is 0 Å². The van der Waals surface area contributed by atoms with E-state index in [1.54, 1.807) is 30.5 Å². The average molecular weight is 522 g/mol. The number of esters is 1. The molecule has 1 aromatic heterocycles. The maximum atomic E-state index is 13.0. The predicted octanol–water partition coefficient (Wildman–Crippen LogP) is 2.66. The smallest absolute Gasteiger partial charge is 0.325 e. The van der Waals surface area contributed by atoms with E-state index in [1.807, 2.05) is 0 Å². The Morgan fingerprint density at radius 1 is 1.00 bits per heavy atom. The van der Waals surface area contributed by atoms with E-state index in [2.05, 4.69) is 4.99 Å². The molecular formula is C23H27N3O7S2. The molecule has 3 rings (SSSR count). The van der Waals surface area contributed by atoms with Gasteiger partial charge < -0.3 is 18.8 Å². The average Bonchev–Trinajstić information content (AvgIpc) is 3.18. The van der Waals surface area contributed by atoms with Gasteiger partial charge in [0.25, 0.3) is 5.91 Å². The van der Waals surface area contributed by atoms with Crippen molar-refractivity contribution in [3.8, 4) is 11.5 Å². The first-order valence-corrected chi connectivity index (χ1v) is 13.0. The number of aromatic nitrogens is 1. The Kier molecular flexibility index (Phi) is 8.30. The van der Waals surface area contributed by atoms with Crippen LogP contribution < -0.4 is 14.3 Å². The van der Waals surface area contributed by atoms with Crippen LogP contribution in [0.2, 0.25) is 0 Å². The van der Waals surface area contributed by atoms with E-state index >= 15 is 0 Å². The molecule has 1 amide bonds. The lowest BCUT2D eigenvalue weighted by Gasteiger charge is -2.18. The topological polar surface area (TPSA) is 117 Å².